The van der Waals surface area contributed by atoms with Crippen LogP contribution in [0.2, 0.25) is 0 Å². The molecule has 0 aliphatic carbocycles. The number of likely N-dealkylation sites (tertiary alicyclic amines) is 2. The molecule has 1 N–H and O–H groups in total. The van der Waals surface area contributed by atoms with E-state index >= 15 is 0 Å². The number of ether oxygens (including phenoxy) is 2. The number of benzene rings is 1. The lowest BCUT2D eigenvalue weighted by Crippen LogP contribution is -2.50. The van der Waals surface area contributed by atoms with Gasteiger partial charge in [-0.25, -0.2) is 4.79 Å². The van der Waals surface area contributed by atoms with Crippen molar-refractivity contribution in [1.82, 2.24) is 15.1 Å². The van der Waals surface area contributed by atoms with E-state index < -0.39 is 0 Å². The summed E-state index contributed by atoms with van der Waals surface area (Å²) in [5.74, 6) is 1.44. The Morgan fingerprint density at radius 2 is 1.75 bits per heavy atom. The van der Waals surface area contributed by atoms with Gasteiger partial charge in [-0.05, 0) is 64.3 Å². The van der Waals surface area contributed by atoms with Crippen LogP contribution >= 0.6 is 0 Å². The van der Waals surface area contributed by atoms with Crippen molar-refractivity contribution < 1.29 is 14.3 Å². The fourth-order valence-corrected chi connectivity index (χ4v) is 4.64. The fraction of sp³-hybridized carbons (Fsp3) is 0.682. The number of rotatable bonds is 5. The second-order valence-corrected chi connectivity index (χ2v) is 8.00. The topological polar surface area (TPSA) is 54.0 Å². The molecule has 2 saturated heterocycles. The monoisotopic (exact) mass is 389 g/mol. The Bertz CT molecular complexity index is 665. The predicted molar refractivity (Wildman–Crippen MR) is 111 cm³/mol. The first-order valence-corrected chi connectivity index (χ1v) is 10.6. The molecule has 0 bridgehead atoms. The fourth-order valence-electron chi connectivity index (χ4n) is 4.64. The van der Waals surface area contributed by atoms with Gasteiger partial charge in [-0.3, -0.25) is 0 Å². The number of carbonyl (C=O) groups excluding carboxylic acids is 1. The number of nitrogens with one attached hydrogen (secondary N) is 1. The van der Waals surface area contributed by atoms with Crippen LogP contribution in [-0.4, -0.2) is 62.3 Å². The molecule has 0 aromatic heterocycles. The molecule has 156 valence electrons. The summed E-state index contributed by atoms with van der Waals surface area (Å²) >= 11 is 0. The summed E-state index contributed by atoms with van der Waals surface area (Å²) in [7, 11) is 3.28. The molecule has 1 atom stereocenters. The van der Waals surface area contributed by atoms with Crippen molar-refractivity contribution in [3.05, 3.63) is 23.3 Å². The molecule has 2 heterocycles. The van der Waals surface area contributed by atoms with E-state index in [1.54, 1.807) is 14.2 Å². The molecule has 2 aliphatic heterocycles. The Morgan fingerprint density at radius 3 is 2.36 bits per heavy atom. The number of methoxy groups -OCH3 is 2. The Kier molecular flexibility index (Phi) is 7.05. The molecule has 1 unspecified atom stereocenters. The average molecular weight is 390 g/mol. The Balaban J connectivity index is 1.56. The van der Waals surface area contributed by atoms with Crippen LogP contribution < -0.4 is 14.8 Å². The Hall–Kier alpha value is -1.95. The summed E-state index contributed by atoms with van der Waals surface area (Å²) < 4.78 is 10.9. The van der Waals surface area contributed by atoms with Crippen LogP contribution in [-0.2, 0) is 0 Å². The number of nitrogens with zero attached hydrogens (tertiary/aromatic N) is 2. The van der Waals surface area contributed by atoms with Crippen molar-refractivity contribution in [1.29, 1.82) is 0 Å². The van der Waals surface area contributed by atoms with Crippen LogP contribution in [0.25, 0.3) is 0 Å². The van der Waals surface area contributed by atoms with E-state index in [0.29, 0.717) is 11.8 Å². The van der Waals surface area contributed by atoms with Gasteiger partial charge in [0.1, 0.15) is 0 Å². The molecule has 1 aromatic rings. The van der Waals surface area contributed by atoms with E-state index in [-0.39, 0.29) is 12.1 Å². The average Bonchev–Trinajstić information content (AvgIpc) is 2.74. The number of carbonyl (C=O) groups is 1. The molecule has 1 aromatic carbocycles. The first-order valence-electron chi connectivity index (χ1n) is 10.6. The SMILES string of the molecule is COc1ccc(C(C)NC(=O)N2CCC(N3CCCCC3)CC2)c(C)c1OC. The van der Waals surface area contributed by atoms with Crippen LogP contribution in [0.3, 0.4) is 0 Å². The van der Waals surface area contributed by atoms with Crippen molar-refractivity contribution in [2.75, 3.05) is 40.4 Å². The minimum Gasteiger partial charge on any atom is -0.493 e. The van der Waals surface area contributed by atoms with Gasteiger partial charge < -0.3 is 24.6 Å². The van der Waals surface area contributed by atoms with Crippen molar-refractivity contribution in [2.45, 2.75) is 58.0 Å². The van der Waals surface area contributed by atoms with Gasteiger partial charge in [0.25, 0.3) is 0 Å². The second-order valence-electron chi connectivity index (χ2n) is 8.00. The normalized spacial score (nSPS) is 19.9. The molecular weight excluding hydrogens is 354 g/mol. The van der Waals surface area contributed by atoms with Crippen LogP contribution in [0, 0.1) is 6.92 Å². The first kappa shape index (κ1) is 20.8. The number of amides is 2. The number of hydrogen-bond acceptors (Lipinski definition) is 4. The van der Waals surface area contributed by atoms with Gasteiger partial charge in [-0.2, -0.15) is 0 Å². The summed E-state index contributed by atoms with van der Waals surface area (Å²) in [5, 5.41) is 3.17. The minimum absolute atomic E-state index is 0.0266. The van der Waals surface area contributed by atoms with Gasteiger partial charge in [-0.1, -0.05) is 12.5 Å². The highest BCUT2D eigenvalue weighted by Crippen LogP contribution is 2.35. The van der Waals surface area contributed by atoms with E-state index in [2.05, 4.69) is 10.2 Å². The van der Waals surface area contributed by atoms with Gasteiger partial charge in [0.2, 0.25) is 0 Å². The van der Waals surface area contributed by atoms with E-state index in [4.69, 9.17) is 9.47 Å². The summed E-state index contributed by atoms with van der Waals surface area (Å²) in [6.07, 6.45) is 6.17. The zero-order valence-electron chi connectivity index (χ0n) is 17.8. The standard InChI is InChI=1S/C22H35N3O3/c1-16-19(8-9-20(27-3)21(16)28-4)17(2)23-22(26)25-14-10-18(11-15-25)24-12-6-5-7-13-24/h8-9,17-18H,5-7,10-15H2,1-4H3,(H,23,26). The van der Waals surface area contributed by atoms with Gasteiger partial charge in [0.15, 0.2) is 11.5 Å². The highest BCUT2D eigenvalue weighted by atomic mass is 16.5. The van der Waals surface area contributed by atoms with Gasteiger partial charge in [0, 0.05) is 24.7 Å². The summed E-state index contributed by atoms with van der Waals surface area (Å²) in [6.45, 7) is 8.16. The van der Waals surface area contributed by atoms with Crippen LogP contribution in [0.4, 0.5) is 4.79 Å². The smallest absolute Gasteiger partial charge is 0.317 e. The quantitative estimate of drug-likeness (QED) is 0.834. The highest BCUT2D eigenvalue weighted by Gasteiger charge is 2.28. The molecule has 2 amide bonds. The molecular formula is C22H35N3O3. The first-order chi connectivity index (χ1) is 13.5. The zero-order valence-corrected chi connectivity index (χ0v) is 17.8. The van der Waals surface area contributed by atoms with Crippen molar-refractivity contribution >= 4 is 6.03 Å². The van der Waals surface area contributed by atoms with Gasteiger partial charge >= 0.3 is 6.03 Å². The van der Waals surface area contributed by atoms with Crippen LogP contribution in [0.5, 0.6) is 11.5 Å². The maximum Gasteiger partial charge on any atom is 0.317 e. The zero-order chi connectivity index (χ0) is 20.1. The van der Waals surface area contributed by atoms with E-state index in [1.807, 2.05) is 30.9 Å². The van der Waals surface area contributed by atoms with Crippen molar-refractivity contribution in [2.24, 2.45) is 0 Å². The molecule has 3 rings (SSSR count). The molecule has 0 saturated carbocycles. The molecule has 2 fully saturated rings. The Labute approximate surface area is 169 Å². The molecule has 6 heteroatoms. The third kappa shape index (κ3) is 4.54. The Morgan fingerprint density at radius 1 is 1.07 bits per heavy atom. The number of piperidine rings is 2. The lowest BCUT2D eigenvalue weighted by molar-refractivity contribution is 0.101. The lowest BCUT2D eigenvalue weighted by atomic mass is 9.99. The highest BCUT2D eigenvalue weighted by molar-refractivity contribution is 5.75. The minimum atomic E-state index is -0.0906. The third-order valence-electron chi connectivity index (χ3n) is 6.30. The number of hydrogen-bond donors (Lipinski definition) is 1. The molecule has 2 aliphatic rings. The summed E-state index contributed by atoms with van der Waals surface area (Å²) in [6, 6.07) is 4.48. The molecule has 0 radical (unpaired) electrons. The molecule has 28 heavy (non-hydrogen) atoms. The molecule has 0 spiro atoms. The van der Waals surface area contributed by atoms with Crippen molar-refractivity contribution in [3.63, 3.8) is 0 Å². The summed E-state index contributed by atoms with van der Waals surface area (Å²) in [5.41, 5.74) is 2.05. The van der Waals surface area contributed by atoms with E-state index in [0.717, 1.165) is 42.8 Å². The van der Waals surface area contributed by atoms with E-state index in [9.17, 15) is 4.79 Å². The molecule has 6 nitrogen and oxygen atoms in total. The summed E-state index contributed by atoms with van der Waals surface area (Å²) in [4.78, 5) is 17.4. The van der Waals surface area contributed by atoms with E-state index in [1.165, 1.54) is 32.4 Å². The van der Waals surface area contributed by atoms with Gasteiger partial charge in [-0.15, -0.1) is 0 Å². The van der Waals surface area contributed by atoms with Gasteiger partial charge in [0.05, 0.1) is 20.3 Å². The maximum atomic E-state index is 12.8. The predicted octanol–water partition coefficient (Wildman–Crippen LogP) is 3.73. The third-order valence-corrected chi connectivity index (χ3v) is 6.30. The largest absolute Gasteiger partial charge is 0.493 e. The van der Waals surface area contributed by atoms with Crippen LogP contribution in [0.1, 0.15) is 56.2 Å². The second kappa shape index (κ2) is 9.50. The maximum absolute atomic E-state index is 12.8. The van der Waals surface area contributed by atoms with Crippen LogP contribution in [0.15, 0.2) is 12.1 Å². The lowest BCUT2D eigenvalue weighted by Gasteiger charge is -2.40. The number of urea groups is 1. The van der Waals surface area contributed by atoms with Crippen molar-refractivity contribution in [3.8, 4) is 11.5 Å².